The Bertz CT molecular complexity index is 1180. The Balaban J connectivity index is 1.77. The number of nitrogens with one attached hydrogen (secondary N) is 1. The molecule has 0 aliphatic heterocycles. The van der Waals surface area contributed by atoms with E-state index in [1.807, 2.05) is 13.8 Å². The fourth-order valence-corrected chi connectivity index (χ4v) is 3.77. The number of aryl methyl sites for hydroxylation is 2. The highest BCUT2D eigenvalue weighted by Gasteiger charge is 2.22. The molecule has 8 nitrogen and oxygen atoms in total. The van der Waals surface area contributed by atoms with Crippen molar-refractivity contribution >= 4 is 29.1 Å². The molecular weight excluding hydrogens is 418 g/mol. The Hall–Kier alpha value is -3.44. The fraction of sp³-hybridized carbons (Fsp3) is 0.318. The Morgan fingerprint density at radius 1 is 1.32 bits per heavy atom. The number of esters is 1. The van der Waals surface area contributed by atoms with Gasteiger partial charge in [0.25, 0.3) is 0 Å². The number of fused-ring (bicyclic) bond motifs is 1. The number of ether oxygens (including phenoxy) is 1. The van der Waals surface area contributed by atoms with Gasteiger partial charge >= 0.3 is 5.97 Å². The van der Waals surface area contributed by atoms with Gasteiger partial charge in [-0.25, -0.2) is 9.50 Å². The highest BCUT2D eigenvalue weighted by molar-refractivity contribution is 6.31. The highest BCUT2D eigenvalue weighted by Crippen LogP contribution is 2.26. The van der Waals surface area contributed by atoms with E-state index in [-0.39, 0.29) is 18.7 Å². The topological polar surface area (TPSA) is 109 Å². The first-order valence-corrected chi connectivity index (χ1v) is 10.1. The maximum atomic E-state index is 12.7. The van der Waals surface area contributed by atoms with Gasteiger partial charge in [-0.1, -0.05) is 29.8 Å². The molecule has 0 aliphatic carbocycles. The van der Waals surface area contributed by atoms with Crippen LogP contribution in [0, 0.1) is 25.2 Å². The van der Waals surface area contributed by atoms with Crippen molar-refractivity contribution in [3.63, 3.8) is 0 Å². The first-order valence-electron chi connectivity index (χ1n) is 9.70. The number of carbonyl (C=O) groups excluding carboxylic acids is 2. The van der Waals surface area contributed by atoms with Gasteiger partial charge in [-0.05, 0) is 37.5 Å². The molecule has 0 aliphatic rings. The lowest BCUT2D eigenvalue weighted by atomic mass is 10.0. The van der Waals surface area contributed by atoms with Crippen molar-refractivity contribution in [1.29, 1.82) is 5.26 Å². The van der Waals surface area contributed by atoms with E-state index in [1.54, 1.807) is 28.8 Å². The molecule has 0 radical (unpaired) electrons. The van der Waals surface area contributed by atoms with Gasteiger partial charge in [0.1, 0.15) is 11.6 Å². The standard InChI is InChI=1S/C22H22ClN5O3/c1-13-16(14(2)28-22(26-13)15(11-24)12-25-28)8-9-20(29)27-19(10-21(30)31-3)17-6-4-5-7-18(17)23/h4-7,12,19H,8-10H2,1-3H3,(H,27,29). The van der Waals surface area contributed by atoms with Crippen molar-refractivity contribution in [3.8, 4) is 6.07 Å². The number of methoxy groups -OCH3 is 1. The van der Waals surface area contributed by atoms with Crippen molar-refractivity contribution in [3.05, 3.63) is 63.6 Å². The fourth-order valence-electron chi connectivity index (χ4n) is 3.50. The molecule has 1 atom stereocenters. The molecule has 31 heavy (non-hydrogen) atoms. The van der Waals surface area contributed by atoms with Crippen LogP contribution in [0.2, 0.25) is 5.02 Å². The number of halogens is 1. The Labute approximate surface area is 184 Å². The van der Waals surface area contributed by atoms with E-state index >= 15 is 0 Å². The van der Waals surface area contributed by atoms with E-state index in [0.29, 0.717) is 28.2 Å². The van der Waals surface area contributed by atoms with Crippen molar-refractivity contribution in [2.45, 2.75) is 39.2 Å². The number of hydrogen-bond donors (Lipinski definition) is 1. The SMILES string of the molecule is COC(=O)CC(NC(=O)CCc1c(C)nc2c(C#N)cnn2c1C)c1ccccc1Cl. The predicted molar refractivity (Wildman–Crippen MR) is 114 cm³/mol. The number of benzene rings is 1. The van der Waals surface area contributed by atoms with Crippen molar-refractivity contribution in [2.24, 2.45) is 0 Å². The smallest absolute Gasteiger partial charge is 0.307 e. The van der Waals surface area contributed by atoms with Crippen LogP contribution in [0.25, 0.3) is 5.65 Å². The molecule has 0 saturated heterocycles. The van der Waals surface area contributed by atoms with Crippen LogP contribution in [-0.2, 0) is 20.7 Å². The molecule has 1 amide bonds. The second-order valence-corrected chi connectivity index (χ2v) is 7.50. The molecule has 3 aromatic rings. The molecule has 3 rings (SSSR count). The minimum absolute atomic E-state index is 0.0260. The predicted octanol–water partition coefficient (Wildman–Crippen LogP) is 3.22. The number of carbonyl (C=O) groups is 2. The summed E-state index contributed by atoms with van der Waals surface area (Å²) in [6.07, 6.45) is 2.07. The summed E-state index contributed by atoms with van der Waals surface area (Å²) in [7, 11) is 1.30. The van der Waals surface area contributed by atoms with Crippen molar-refractivity contribution in [2.75, 3.05) is 7.11 Å². The number of aromatic nitrogens is 3. The molecule has 1 aromatic carbocycles. The Morgan fingerprint density at radius 3 is 2.74 bits per heavy atom. The normalized spacial score (nSPS) is 11.7. The molecule has 2 aromatic heterocycles. The van der Waals surface area contributed by atoms with E-state index < -0.39 is 12.0 Å². The molecule has 1 unspecified atom stereocenters. The van der Waals surface area contributed by atoms with Gasteiger partial charge in [0.2, 0.25) is 5.91 Å². The summed E-state index contributed by atoms with van der Waals surface area (Å²) in [5.74, 6) is -0.676. The molecule has 0 bridgehead atoms. The van der Waals surface area contributed by atoms with Gasteiger partial charge in [0.05, 0.1) is 25.8 Å². The number of hydrogen-bond acceptors (Lipinski definition) is 6. The minimum Gasteiger partial charge on any atom is -0.469 e. The largest absolute Gasteiger partial charge is 0.469 e. The highest BCUT2D eigenvalue weighted by atomic mass is 35.5. The average molecular weight is 440 g/mol. The number of amides is 1. The molecule has 0 saturated carbocycles. The van der Waals surface area contributed by atoms with Crippen LogP contribution in [0.1, 0.15) is 47.0 Å². The van der Waals surface area contributed by atoms with Gasteiger partial charge in [-0.2, -0.15) is 10.4 Å². The Kier molecular flexibility index (Phi) is 6.88. The summed E-state index contributed by atoms with van der Waals surface area (Å²) in [5.41, 5.74) is 4.01. The van der Waals surface area contributed by atoms with E-state index in [0.717, 1.165) is 17.0 Å². The second kappa shape index (κ2) is 9.58. The van der Waals surface area contributed by atoms with Crippen LogP contribution in [0.5, 0.6) is 0 Å². The lowest BCUT2D eigenvalue weighted by Gasteiger charge is -2.19. The summed E-state index contributed by atoms with van der Waals surface area (Å²) >= 11 is 6.27. The van der Waals surface area contributed by atoms with Crippen molar-refractivity contribution in [1.82, 2.24) is 19.9 Å². The summed E-state index contributed by atoms with van der Waals surface area (Å²) in [6.45, 7) is 3.73. The van der Waals surface area contributed by atoms with E-state index in [4.69, 9.17) is 16.3 Å². The molecule has 9 heteroatoms. The molecule has 0 fully saturated rings. The quantitative estimate of drug-likeness (QED) is 0.566. The first kappa shape index (κ1) is 22.2. The van der Waals surface area contributed by atoms with Gasteiger partial charge in [0, 0.05) is 22.8 Å². The summed E-state index contributed by atoms with van der Waals surface area (Å²) in [5, 5.41) is 16.8. The van der Waals surface area contributed by atoms with Gasteiger partial charge in [-0.15, -0.1) is 0 Å². The molecule has 1 N–H and O–H groups in total. The lowest BCUT2D eigenvalue weighted by molar-refractivity contribution is -0.141. The van der Waals surface area contributed by atoms with Gasteiger partial charge in [-0.3, -0.25) is 9.59 Å². The van der Waals surface area contributed by atoms with E-state index in [1.165, 1.54) is 13.3 Å². The van der Waals surface area contributed by atoms with Crippen LogP contribution in [0.15, 0.2) is 30.5 Å². The van der Waals surface area contributed by atoms with E-state index in [2.05, 4.69) is 21.5 Å². The third-order valence-corrected chi connectivity index (χ3v) is 5.49. The lowest BCUT2D eigenvalue weighted by Crippen LogP contribution is -2.31. The molecule has 0 spiro atoms. The minimum atomic E-state index is -0.597. The number of nitrogens with zero attached hydrogens (tertiary/aromatic N) is 4. The van der Waals surface area contributed by atoms with Crippen LogP contribution >= 0.6 is 11.6 Å². The first-order chi connectivity index (χ1) is 14.8. The average Bonchev–Trinajstić information content (AvgIpc) is 3.16. The zero-order chi connectivity index (χ0) is 22.5. The van der Waals surface area contributed by atoms with Crippen LogP contribution < -0.4 is 5.32 Å². The molecular formula is C22H22ClN5O3. The van der Waals surface area contributed by atoms with Crippen molar-refractivity contribution < 1.29 is 14.3 Å². The summed E-state index contributed by atoms with van der Waals surface area (Å²) in [6, 6.07) is 8.54. The Morgan fingerprint density at radius 2 is 2.06 bits per heavy atom. The van der Waals surface area contributed by atoms with E-state index in [9.17, 15) is 14.9 Å². The summed E-state index contributed by atoms with van der Waals surface area (Å²) < 4.78 is 6.38. The van der Waals surface area contributed by atoms with Gasteiger partial charge in [0.15, 0.2) is 5.65 Å². The van der Waals surface area contributed by atoms with Crippen LogP contribution in [0.4, 0.5) is 0 Å². The maximum absolute atomic E-state index is 12.7. The zero-order valence-corrected chi connectivity index (χ0v) is 18.2. The molecule has 160 valence electrons. The van der Waals surface area contributed by atoms with Gasteiger partial charge < -0.3 is 10.1 Å². The zero-order valence-electron chi connectivity index (χ0n) is 17.5. The maximum Gasteiger partial charge on any atom is 0.307 e. The molecule has 2 heterocycles. The third-order valence-electron chi connectivity index (χ3n) is 5.15. The van der Waals surface area contributed by atoms with Crippen LogP contribution in [0.3, 0.4) is 0 Å². The summed E-state index contributed by atoms with van der Waals surface area (Å²) in [4.78, 5) is 29.1. The monoisotopic (exact) mass is 439 g/mol. The number of nitriles is 1. The third kappa shape index (κ3) is 4.84. The van der Waals surface area contributed by atoms with Crippen LogP contribution in [-0.4, -0.2) is 33.6 Å². The number of rotatable bonds is 7. The second-order valence-electron chi connectivity index (χ2n) is 7.09.